The van der Waals surface area contributed by atoms with E-state index in [0.717, 1.165) is 18.0 Å². The van der Waals surface area contributed by atoms with E-state index in [0.29, 0.717) is 13.0 Å². The minimum Gasteiger partial charge on any atom is -0.310 e. The third kappa shape index (κ3) is 3.78. The van der Waals surface area contributed by atoms with Crippen molar-refractivity contribution >= 4 is 5.78 Å². The Kier molecular flexibility index (Phi) is 3.73. The molecule has 0 bridgehead atoms. The van der Waals surface area contributed by atoms with Crippen LogP contribution < -0.4 is 5.32 Å². The van der Waals surface area contributed by atoms with Crippen molar-refractivity contribution in [1.29, 1.82) is 0 Å². The van der Waals surface area contributed by atoms with Crippen LogP contribution in [0.4, 0.5) is 0 Å². The lowest BCUT2D eigenvalue weighted by atomic mass is 10.1. The zero-order valence-corrected chi connectivity index (χ0v) is 9.83. The highest BCUT2D eigenvalue weighted by Gasteiger charge is 2.20. The van der Waals surface area contributed by atoms with E-state index in [1.807, 2.05) is 12.1 Å². The first-order valence-electron chi connectivity index (χ1n) is 6.02. The molecule has 2 rings (SSSR count). The number of carbonyl (C=O) groups is 1. The van der Waals surface area contributed by atoms with Gasteiger partial charge in [-0.15, -0.1) is 0 Å². The van der Waals surface area contributed by atoms with Crippen molar-refractivity contribution < 1.29 is 4.79 Å². The molecular formula is C14H19NO. The van der Waals surface area contributed by atoms with E-state index in [2.05, 4.69) is 24.4 Å². The largest absolute Gasteiger partial charge is 0.310 e. The average Bonchev–Trinajstić information content (AvgIpc) is 3.05. The molecule has 1 fully saturated rings. The molecule has 0 aromatic heterocycles. The second kappa shape index (κ2) is 5.26. The van der Waals surface area contributed by atoms with E-state index in [1.165, 1.54) is 18.4 Å². The van der Waals surface area contributed by atoms with Gasteiger partial charge in [0.1, 0.15) is 0 Å². The Hall–Kier alpha value is -1.15. The van der Waals surface area contributed by atoms with E-state index < -0.39 is 0 Å². The molecule has 1 N–H and O–H groups in total. The van der Waals surface area contributed by atoms with Gasteiger partial charge in [0, 0.05) is 6.42 Å². The van der Waals surface area contributed by atoms with Crippen LogP contribution in [0.5, 0.6) is 0 Å². The SMILES string of the molecule is Cc1ccc(CC(=O)CNCC2CC2)cc1. The Morgan fingerprint density at radius 2 is 2.00 bits per heavy atom. The van der Waals surface area contributed by atoms with Crippen LogP contribution in [-0.2, 0) is 11.2 Å². The smallest absolute Gasteiger partial charge is 0.150 e. The molecule has 1 aromatic carbocycles. The molecule has 2 heteroatoms. The number of hydrogen-bond donors (Lipinski definition) is 1. The predicted molar refractivity (Wildman–Crippen MR) is 65.5 cm³/mol. The van der Waals surface area contributed by atoms with Gasteiger partial charge >= 0.3 is 0 Å². The maximum absolute atomic E-state index is 11.6. The summed E-state index contributed by atoms with van der Waals surface area (Å²) in [7, 11) is 0. The molecule has 1 aliphatic carbocycles. The molecule has 0 amide bonds. The van der Waals surface area contributed by atoms with Crippen molar-refractivity contribution in [2.45, 2.75) is 26.2 Å². The number of ketones is 1. The second-order valence-electron chi connectivity index (χ2n) is 4.78. The first-order valence-corrected chi connectivity index (χ1v) is 6.02. The quantitative estimate of drug-likeness (QED) is 0.790. The summed E-state index contributed by atoms with van der Waals surface area (Å²) in [6.07, 6.45) is 3.22. The van der Waals surface area contributed by atoms with Crippen molar-refractivity contribution in [2.24, 2.45) is 5.92 Å². The minimum atomic E-state index is 0.282. The molecule has 86 valence electrons. The summed E-state index contributed by atoms with van der Waals surface area (Å²) >= 11 is 0. The first-order chi connectivity index (χ1) is 7.74. The number of hydrogen-bond acceptors (Lipinski definition) is 2. The number of aryl methyl sites for hydroxylation is 1. The summed E-state index contributed by atoms with van der Waals surface area (Å²) in [6.45, 7) is 3.59. The maximum atomic E-state index is 11.6. The molecule has 1 aromatic rings. The molecule has 0 atom stereocenters. The van der Waals surface area contributed by atoms with Gasteiger partial charge in [0.15, 0.2) is 5.78 Å². The molecule has 0 spiro atoms. The summed E-state index contributed by atoms with van der Waals surface area (Å²) in [5.74, 6) is 1.12. The highest BCUT2D eigenvalue weighted by Crippen LogP contribution is 2.27. The second-order valence-corrected chi connectivity index (χ2v) is 4.78. The fourth-order valence-corrected chi connectivity index (χ4v) is 1.73. The van der Waals surface area contributed by atoms with Crippen LogP contribution in [0.1, 0.15) is 24.0 Å². The number of Topliss-reactive ketones (excluding diaryl/α,β-unsaturated/α-hetero) is 1. The monoisotopic (exact) mass is 217 g/mol. The van der Waals surface area contributed by atoms with Gasteiger partial charge in [-0.25, -0.2) is 0 Å². The van der Waals surface area contributed by atoms with Crippen LogP contribution in [0.25, 0.3) is 0 Å². The van der Waals surface area contributed by atoms with Crippen LogP contribution in [0.15, 0.2) is 24.3 Å². The third-order valence-corrected chi connectivity index (χ3v) is 2.97. The highest BCUT2D eigenvalue weighted by atomic mass is 16.1. The van der Waals surface area contributed by atoms with Crippen LogP contribution >= 0.6 is 0 Å². The van der Waals surface area contributed by atoms with Crippen molar-refractivity contribution in [3.05, 3.63) is 35.4 Å². The van der Waals surface area contributed by atoms with Gasteiger partial charge in [-0.05, 0) is 37.8 Å². The minimum absolute atomic E-state index is 0.282. The van der Waals surface area contributed by atoms with Crippen molar-refractivity contribution in [3.63, 3.8) is 0 Å². The lowest BCUT2D eigenvalue weighted by Gasteiger charge is -2.03. The summed E-state index contributed by atoms with van der Waals surface area (Å²) < 4.78 is 0. The number of benzene rings is 1. The van der Waals surface area contributed by atoms with Gasteiger partial charge in [0.25, 0.3) is 0 Å². The van der Waals surface area contributed by atoms with Crippen molar-refractivity contribution in [1.82, 2.24) is 5.32 Å². The Balaban J connectivity index is 1.70. The fourth-order valence-electron chi connectivity index (χ4n) is 1.73. The molecule has 2 nitrogen and oxygen atoms in total. The Bertz CT molecular complexity index is 352. The van der Waals surface area contributed by atoms with E-state index >= 15 is 0 Å². The summed E-state index contributed by atoms with van der Waals surface area (Å²) in [5, 5.41) is 3.23. The molecule has 0 unspecified atom stereocenters. The molecular weight excluding hydrogens is 198 g/mol. The lowest BCUT2D eigenvalue weighted by Crippen LogP contribution is -2.26. The number of rotatable bonds is 6. The summed E-state index contributed by atoms with van der Waals surface area (Å²) in [5.41, 5.74) is 2.35. The van der Waals surface area contributed by atoms with Gasteiger partial charge < -0.3 is 5.32 Å². The molecule has 1 saturated carbocycles. The molecule has 0 aliphatic heterocycles. The van der Waals surface area contributed by atoms with Crippen LogP contribution in [0.3, 0.4) is 0 Å². The molecule has 0 radical (unpaired) electrons. The number of nitrogens with one attached hydrogen (secondary N) is 1. The van der Waals surface area contributed by atoms with Gasteiger partial charge in [-0.2, -0.15) is 0 Å². The van der Waals surface area contributed by atoms with Gasteiger partial charge in [-0.1, -0.05) is 29.8 Å². The average molecular weight is 217 g/mol. The molecule has 0 heterocycles. The van der Waals surface area contributed by atoms with Crippen molar-refractivity contribution in [2.75, 3.05) is 13.1 Å². The third-order valence-electron chi connectivity index (χ3n) is 2.97. The number of carbonyl (C=O) groups excluding carboxylic acids is 1. The molecule has 16 heavy (non-hydrogen) atoms. The van der Waals surface area contributed by atoms with Crippen LogP contribution in [0.2, 0.25) is 0 Å². The topological polar surface area (TPSA) is 29.1 Å². The predicted octanol–water partition coefficient (Wildman–Crippen LogP) is 2.11. The lowest BCUT2D eigenvalue weighted by molar-refractivity contribution is -0.117. The summed E-state index contributed by atoms with van der Waals surface area (Å²) in [4.78, 5) is 11.6. The first kappa shape index (κ1) is 11.3. The normalized spacial score (nSPS) is 15.1. The highest BCUT2D eigenvalue weighted by molar-refractivity contribution is 5.82. The van der Waals surface area contributed by atoms with Gasteiger partial charge in [0.05, 0.1) is 6.54 Å². The Morgan fingerprint density at radius 1 is 1.31 bits per heavy atom. The molecule has 0 saturated heterocycles. The fraction of sp³-hybridized carbons (Fsp3) is 0.500. The maximum Gasteiger partial charge on any atom is 0.150 e. The van der Waals surface area contributed by atoms with E-state index in [-0.39, 0.29) is 5.78 Å². The molecule has 1 aliphatic rings. The van der Waals surface area contributed by atoms with Gasteiger partial charge in [-0.3, -0.25) is 4.79 Å². The summed E-state index contributed by atoms with van der Waals surface area (Å²) in [6, 6.07) is 8.18. The van der Waals surface area contributed by atoms with E-state index in [9.17, 15) is 4.79 Å². The zero-order valence-electron chi connectivity index (χ0n) is 9.83. The van der Waals surface area contributed by atoms with E-state index in [1.54, 1.807) is 0 Å². The van der Waals surface area contributed by atoms with Gasteiger partial charge in [0.2, 0.25) is 0 Å². The standard InChI is InChI=1S/C14H19NO/c1-11-2-4-12(5-3-11)8-14(16)10-15-9-13-6-7-13/h2-5,13,15H,6-10H2,1H3. The zero-order chi connectivity index (χ0) is 11.4. The Morgan fingerprint density at radius 3 is 2.62 bits per heavy atom. The van der Waals surface area contributed by atoms with Crippen molar-refractivity contribution in [3.8, 4) is 0 Å². The van der Waals surface area contributed by atoms with E-state index in [4.69, 9.17) is 0 Å². The van der Waals surface area contributed by atoms with Crippen LogP contribution in [-0.4, -0.2) is 18.9 Å². The Labute approximate surface area is 97.1 Å². The van der Waals surface area contributed by atoms with Crippen LogP contribution in [0, 0.1) is 12.8 Å².